The van der Waals surface area contributed by atoms with Gasteiger partial charge in [0.1, 0.15) is 5.75 Å². The second kappa shape index (κ2) is 8.80. The third-order valence-corrected chi connectivity index (χ3v) is 6.87. The number of sulfonamides is 1. The molecule has 0 spiro atoms. The maximum absolute atomic E-state index is 13.3. The number of ether oxygens (including phenoxy) is 3. The summed E-state index contributed by atoms with van der Waals surface area (Å²) in [6, 6.07) is 18.0. The maximum Gasteiger partial charge on any atom is 0.264 e. The highest BCUT2D eigenvalue weighted by Gasteiger charge is 2.25. The molecule has 1 N–H and O–H groups in total. The maximum atomic E-state index is 13.3. The number of benzene rings is 3. The van der Waals surface area contributed by atoms with Gasteiger partial charge in [-0.15, -0.1) is 0 Å². The number of fused-ring (bicyclic) bond motifs is 1. The summed E-state index contributed by atoms with van der Waals surface area (Å²) in [6.07, 6.45) is 0. The zero-order valence-electron chi connectivity index (χ0n) is 17.6. The molecule has 9 heteroatoms. The van der Waals surface area contributed by atoms with Crippen LogP contribution in [0.15, 0.2) is 71.6 Å². The van der Waals surface area contributed by atoms with Crippen LogP contribution in [0.1, 0.15) is 17.3 Å². The van der Waals surface area contributed by atoms with Crippen molar-refractivity contribution in [2.24, 2.45) is 0 Å². The van der Waals surface area contributed by atoms with Gasteiger partial charge in [0.2, 0.25) is 6.79 Å². The minimum absolute atomic E-state index is 0.0324. The van der Waals surface area contributed by atoms with E-state index in [-0.39, 0.29) is 23.9 Å². The van der Waals surface area contributed by atoms with E-state index in [2.05, 4.69) is 5.32 Å². The number of para-hydroxylation sites is 1. The van der Waals surface area contributed by atoms with Gasteiger partial charge in [0.05, 0.1) is 23.4 Å². The number of methoxy groups -OCH3 is 1. The Bertz CT molecular complexity index is 1240. The summed E-state index contributed by atoms with van der Waals surface area (Å²) < 4.78 is 43.9. The first-order valence-corrected chi connectivity index (χ1v) is 11.3. The van der Waals surface area contributed by atoms with Crippen molar-refractivity contribution in [1.29, 1.82) is 0 Å². The fourth-order valence-electron chi connectivity index (χ4n) is 3.39. The molecular weight excluding hydrogens is 432 g/mol. The van der Waals surface area contributed by atoms with Crippen LogP contribution >= 0.6 is 0 Å². The fraction of sp³-hybridized carbons (Fsp3) is 0.174. The molecule has 3 aromatic rings. The summed E-state index contributed by atoms with van der Waals surface area (Å²) in [5.41, 5.74) is 1.13. The lowest BCUT2D eigenvalue weighted by atomic mass is 10.2. The molecule has 0 fully saturated rings. The van der Waals surface area contributed by atoms with E-state index in [1.54, 1.807) is 49.4 Å². The number of anilines is 2. The quantitative estimate of drug-likeness (QED) is 0.582. The molecule has 1 heterocycles. The van der Waals surface area contributed by atoms with Crippen LogP contribution in [-0.4, -0.2) is 34.8 Å². The lowest BCUT2D eigenvalue weighted by molar-refractivity contribution is 0.102. The van der Waals surface area contributed by atoms with Crippen molar-refractivity contribution < 1.29 is 27.4 Å². The summed E-state index contributed by atoms with van der Waals surface area (Å²) in [5, 5.41) is 2.73. The normalized spacial score (nSPS) is 12.3. The predicted molar refractivity (Wildman–Crippen MR) is 120 cm³/mol. The number of hydrogen-bond donors (Lipinski definition) is 1. The predicted octanol–water partition coefficient (Wildman–Crippen LogP) is 3.89. The van der Waals surface area contributed by atoms with E-state index in [0.717, 1.165) is 0 Å². The van der Waals surface area contributed by atoms with E-state index < -0.39 is 15.9 Å². The van der Waals surface area contributed by atoms with Gasteiger partial charge < -0.3 is 19.5 Å². The van der Waals surface area contributed by atoms with Gasteiger partial charge in [-0.25, -0.2) is 8.42 Å². The molecule has 166 valence electrons. The Balaban J connectivity index is 1.66. The molecule has 32 heavy (non-hydrogen) atoms. The molecule has 1 aliphatic heterocycles. The molecule has 0 bridgehead atoms. The van der Waals surface area contributed by atoms with Crippen molar-refractivity contribution in [3.05, 3.63) is 72.3 Å². The van der Waals surface area contributed by atoms with Crippen LogP contribution in [0, 0.1) is 0 Å². The van der Waals surface area contributed by atoms with Crippen molar-refractivity contribution in [2.75, 3.05) is 30.1 Å². The van der Waals surface area contributed by atoms with E-state index in [1.807, 2.05) is 6.07 Å². The number of rotatable bonds is 7. The zero-order valence-corrected chi connectivity index (χ0v) is 18.4. The standard InChI is InChI=1S/C23H22N2O6S/c1-3-25(17-7-5-4-6-8-17)32(27,28)18-10-12-20(29-2)19(14-18)24-23(26)16-9-11-21-22(13-16)31-15-30-21/h4-14H,3,15H2,1-2H3,(H,24,26). The summed E-state index contributed by atoms with van der Waals surface area (Å²) >= 11 is 0. The van der Waals surface area contributed by atoms with Gasteiger partial charge in [-0.05, 0) is 55.5 Å². The van der Waals surface area contributed by atoms with Crippen LogP contribution < -0.4 is 23.8 Å². The first-order valence-electron chi connectivity index (χ1n) is 9.91. The van der Waals surface area contributed by atoms with Crippen LogP contribution in [0.4, 0.5) is 11.4 Å². The third kappa shape index (κ3) is 4.06. The van der Waals surface area contributed by atoms with Crippen LogP contribution in [0.2, 0.25) is 0 Å². The highest BCUT2D eigenvalue weighted by molar-refractivity contribution is 7.92. The van der Waals surface area contributed by atoms with Crippen molar-refractivity contribution >= 4 is 27.3 Å². The molecule has 0 saturated heterocycles. The highest BCUT2D eigenvalue weighted by atomic mass is 32.2. The number of carbonyl (C=O) groups excluding carboxylic acids is 1. The first kappa shape index (κ1) is 21.5. The number of nitrogens with zero attached hydrogens (tertiary/aromatic N) is 1. The Morgan fingerprint density at radius 2 is 1.78 bits per heavy atom. The molecule has 0 radical (unpaired) electrons. The van der Waals surface area contributed by atoms with Gasteiger partial charge in [-0.2, -0.15) is 0 Å². The van der Waals surface area contributed by atoms with Gasteiger partial charge in [0.15, 0.2) is 11.5 Å². The minimum atomic E-state index is -3.87. The molecule has 4 rings (SSSR count). The van der Waals surface area contributed by atoms with Gasteiger partial charge in [-0.3, -0.25) is 9.10 Å². The van der Waals surface area contributed by atoms with E-state index >= 15 is 0 Å². The Hall–Kier alpha value is -3.72. The lowest BCUT2D eigenvalue weighted by Gasteiger charge is -2.23. The first-order chi connectivity index (χ1) is 15.4. The summed E-state index contributed by atoms with van der Waals surface area (Å²) in [5.74, 6) is 0.933. The van der Waals surface area contributed by atoms with Crippen molar-refractivity contribution in [2.45, 2.75) is 11.8 Å². The summed E-state index contributed by atoms with van der Waals surface area (Å²) in [6.45, 7) is 2.11. The summed E-state index contributed by atoms with van der Waals surface area (Å²) in [4.78, 5) is 12.9. The van der Waals surface area contributed by atoms with Gasteiger partial charge >= 0.3 is 0 Å². The Kier molecular flexibility index (Phi) is 5.91. The van der Waals surface area contributed by atoms with Crippen LogP contribution in [0.3, 0.4) is 0 Å². The average molecular weight is 455 g/mol. The molecule has 1 amide bonds. The number of carbonyl (C=O) groups is 1. The van der Waals surface area contributed by atoms with E-state index in [9.17, 15) is 13.2 Å². The van der Waals surface area contributed by atoms with E-state index in [1.165, 1.54) is 29.6 Å². The van der Waals surface area contributed by atoms with Crippen molar-refractivity contribution in [3.8, 4) is 17.2 Å². The number of nitrogens with one attached hydrogen (secondary N) is 1. The Morgan fingerprint density at radius 1 is 1.03 bits per heavy atom. The minimum Gasteiger partial charge on any atom is -0.495 e. The molecule has 0 saturated carbocycles. The number of hydrogen-bond acceptors (Lipinski definition) is 6. The van der Waals surface area contributed by atoms with Gasteiger partial charge in [-0.1, -0.05) is 18.2 Å². The molecule has 0 aliphatic carbocycles. The van der Waals surface area contributed by atoms with E-state index in [0.29, 0.717) is 28.5 Å². The molecule has 0 atom stereocenters. The highest BCUT2D eigenvalue weighted by Crippen LogP contribution is 2.34. The van der Waals surface area contributed by atoms with Crippen LogP contribution in [0.25, 0.3) is 0 Å². The largest absolute Gasteiger partial charge is 0.495 e. The van der Waals surface area contributed by atoms with Gasteiger partial charge in [0.25, 0.3) is 15.9 Å². The molecule has 8 nitrogen and oxygen atoms in total. The van der Waals surface area contributed by atoms with E-state index in [4.69, 9.17) is 14.2 Å². The fourth-order valence-corrected chi connectivity index (χ4v) is 4.89. The molecule has 3 aromatic carbocycles. The number of amides is 1. The van der Waals surface area contributed by atoms with Gasteiger partial charge in [0, 0.05) is 12.1 Å². The smallest absolute Gasteiger partial charge is 0.264 e. The Labute approximate surface area is 186 Å². The van der Waals surface area contributed by atoms with Crippen molar-refractivity contribution in [3.63, 3.8) is 0 Å². The molecule has 0 unspecified atom stereocenters. The third-order valence-electron chi connectivity index (χ3n) is 4.97. The zero-order chi connectivity index (χ0) is 22.7. The summed E-state index contributed by atoms with van der Waals surface area (Å²) in [7, 11) is -2.42. The molecule has 1 aliphatic rings. The molecular formula is C23H22N2O6S. The SMILES string of the molecule is CCN(c1ccccc1)S(=O)(=O)c1ccc(OC)c(NC(=O)c2ccc3c(c2)OCO3)c1. The Morgan fingerprint density at radius 3 is 2.50 bits per heavy atom. The average Bonchev–Trinajstić information content (AvgIpc) is 3.28. The topological polar surface area (TPSA) is 94.2 Å². The second-order valence-corrected chi connectivity index (χ2v) is 8.75. The lowest BCUT2D eigenvalue weighted by Crippen LogP contribution is -2.30. The van der Waals surface area contributed by atoms with Crippen LogP contribution in [-0.2, 0) is 10.0 Å². The monoisotopic (exact) mass is 454 g/mol. The second-order valence-electron chi connectivity index (χ2n) is 6.89. The molecule has 0 aromatic heterocycles. The van der Waals surface area contributed by atoms with Crippen molar-refractivity contribution in [1.82, 2.24) is 0 Å². The van der Waals surface area contributed by atoms with Crippen LogP contribution in [0.5, 0.6) is 17.2 Å².